The van der Waals surface area contributed by atoms with Crippen LogP contribution >= 0.6 is 0 Å². The number of hydrogen-bond donors (Lipinski definition) is 6. The van der Waals surface area contributed by atoms with Gasteiger partial charge in [0.2, 0.25) is 0 Å². The lowest BCUT2D eigenvalue weighted by Crippen LogP contribution is -2.40. The van der Waals surface area contributed by atoms with Gasteiger partial charge in [-0.2, -0.15) is 0 Å². The highest BCUT2D eigenvalue weighted by Gasteiger charge is 2.39. The fourth-order valence-electron chi connectivity index (χ4n) is 10.5. The number of nitrogens with one attached hydrogen (secondary N) is 6. The molecule has 8 bridgehead atoms. The third-order valence-electron chi connectivity index (χ3n) is 12.8. The van der Waals surface area contributed by atoms with Crippen molar-refractivity contribution in [1.29, 1.82) is 0 Å². The Morgan fingerprint density at radius 3 is 0.817 bits per heavy atom. The summed E-state index contributed by atoms with van der Waals surface area (Å²) >= 11 is 0. The van der Waals surface area contributed by atoms with Gasteiger partial charge in [0.15, 0.2) is 0 Å². The summed E-state index contributed by atoms with van der Waals surface area (Å²) in [6, 6.07) is 9.01. The second-order valence-electron chi connectivity index (χ2n) is 16.8. The van der Waals surface area contributed by atoms with Crippen LogP contribution in [0.1, 0.15) is 124 Å². The average molecular weight is 795 g/mol. The summed E-state index contributed by atoms with van der Waals surface area (Å²) in [6.07, 6.45) is 50.9. The topological polar surface area (TPSA) is 105 Å². The Balaban J connectivity index is 1.49. The highest BCUT2D eigenvalue weighted by Crippen LogP contribution is 2.43. The summed E-state index contributed by atoms with van der Waals surface area (Å²) in [5.41, 5.74) is 10.3. The van der Waals surface area contributed by atoms with Crippen LogP contribution in [0, 0.1) is 0 Å². The van der Waals surface area contributed by atoms with Crippen LogP contribution in [0.25, 0.3) is 46.4 Å². The molecule has 0 radical (unpaired) electrons. The number of aromatic nitrogens is 4. The molecular formula is C52H58N8. The van der Waals surface area contributed by atoms with E-state index in [0.717, 1.165) is 118 Å². The van der Waals surface area contributed by atoms with Crippen molar-refractivity contribution >= 4 is 46.4 Å². The number of rotatable bonds is 12. The van der Waals surface area contributed by atoms with E-state index < -0.39 is 22.2 Å². The van der Waals surface area contributed by atoms with Crippen molar-refractivity contribution in [1.82, 2.24) is 41.2 Å². The number of allylic oxidation sites excluding steroid dienone is 8. The van der Waals surface area contributed by atoms with E-state index in [0.29, 0.717) is 0 Å². The molecule has 4 atom stereocenters. The first-order valence-electron chi connectivity index (χ1n) is 22.1. The fourth-order valence-corrected chi connectivity index (χ4v) is 10.5. The van der Waals surface area contributed by atoms with Gasteiger partial charge in [-0.15, -0.1) is 0 Å². The number of nitrogens with zero attached hydrogens (tertiary/aromatic N) is 2. The molecule has 0 aromatic carbocycles. The van der Waals surface area contributed by atoms with Crippen molar-refractivity contribution < 1.29 is 0 Å². The Bertz CT molecular complexity index is 2290. The number of fused-ring (bicyclic) bond motifs is 8. The Kier molecular flexibility index (Phi) is 10.5. The van der Waals surface area contributed by atoms with Gasteiger partial charge in [-0.3, -0.25) is 0 Å². The van der Waals surface area contributed by atoms with Crippen LogP contribution in [0.5, 0.6) is 0 Å². The summed E-state index contributed by atoms with van der Waals surface area (Å²) < 4.78 is 0. The van der Waals surface area contributed by atoms with Crippen molar-refractivity contribution in [2.75, 3.05) is 0 Å². The Labute approximate surface area is 354 Å². The van der Waals surface area contributed by atoms with Crippen LogP contribution in [0.3, 0.4) is 0 Å². The molecule has 0 aliphatic carbocycles. The molecule has 0 saturated heterocycles. The van der Waals surface area contributed by atoms with Crippen LogP contribution in [0.15, 0.2) is 122 Å². The largest absolute Gasteiger partial charge is 0.378 e. The van der Waals surface area contributed by atoms with Crippen LogP contribution < -0.4 is 21.3 Å². The number of H-pyrrole nitrogens is 2. The Morgan fingerprint density at radius 1 is 0.367 bits per heavy atom. The predicted octanol–water partition coefficient (Wildman–Crippen LogP) is 11.3. The smallest absolute Gasteiger partial charge is 0.0849 e. The van der Waals surface area contributed by atoms with Crippen LogP contribution in [-0.2, 0) is 22.2 Å². The SMILES string of the molecule is CCCC1(c2c3nc(c(C4(CCC)C=CC=CN4)c4ccc([nH]4)c(C4(CCC)C=CC=CN4)c4nc(c(C5(CCC)C=CC=CN5)c5ccc2[nH]5)C=C4)C=C3)C=CC=CN1. The predicted molar refractivity (Wildman–Crippen MR) is 251 cm³/mol. The van der Waals surface area contributed by atoms with E-state index in [1.54, 1.807) is 0 Å². The molecule has 306 valence electrons. The maximum absolute atomic E-state index is 5.69. The first-order valence-corrected chi connectivity index (χ1v) is 22.1. The van der Waals surface area contributed by atoms with Crippen LogP contribution in [-0.4, -0.2) is 19.9 Å². The maximum Gasteiger partial charge on any atom is 0.0849 e. The quantitative estimate of drug-likeness (QED) is 0.0751. The molecule has 0 fully saturated rings. The van der Waals surface area contributed by atoms with Gasteiger partial charge in [-0.1, -0.05) is 102 Å². The third kappa shape index (κ3) is 6.62. The van der Waals surface area contributed by atoms with Crippen LogP contribution in [0.2, 0.25) is 0 Å². The van der Waals surface area contributed by atoms with Gasteiger partial charge in [-0.25, -0.2) is 9.97 Å². The van der Waals surface area contributed by atoms with Crippen LogP contribution in [0.4, 0.5) is 0 Å². The van der Waals surface area contributed by atoms with Gasteiger partial charge in [0.05, 0.1) is 44.9 Å². The van der Waals surface area contributed by atoms with Crippen molar-refractivity contribution in [2.24, 2.45) is 0 Å². The monoisotopic (exact) mass is 794 g/mol. The molecule has 3 aromatic heterocycles. The van der Waals surface area contributed by atoms with Gasteiger partial charge >= 0.3 is 0 Å². The summed E-state index contributed by atoms with van der Waals surface area (Å²) in [5, 5.41) is 15.3. The molecule has 3 aromatic rings. The Morgan fingerprint density at radius 2 is 0.617 bits per heavy atom. The van der Waals surface area contributed by atoms with Gasteiger partial charge in [0.25, 0.3) is 0 Å². The summed E-state index contributed by atoms with van der Waals surface area (Å²) in [7, 11) is 0. The molecule has 0 amide bonds. The van der Waals surface area contributed by atoms with E-state index in [9.17, 15) is 0 Å². The van der Waals surface area contributed by atoms with E-state index in [-0.39, 0.29) is 0 Å². The minimum absolute atomic E-state index is 0.493. The first kappa shape index (κ1) is 39.2. The lowest BCUT2D eigenvalue weighted by molar-refractivity contribution is 0.428. The molecule has 60 heavy (non-hydrogen) atoms. The molecule has 9 rings (SSSR count). The van der Waals surface area contributed by atoms with Crippen molar-refractivity contribution in [3.63, 3.8) is 0 Å². The number of dihydropyridines is 4. The molecule has 6 aliphatic heterocycles. The van der Waals surface area contributed by atoms with Crippen molar-refractivity contribution in [2.45, 2.75) is 101 Å². The molecule has 4 unspecified atom stereocenters. The van der Waals surface area contributed by atoms with E-state index in [1.165, 1.54) is 0 Å². The second-order valence-corrected chi connectivity index (χ2v) is 16.8. The average Bonchev–Trinajstić information content (AvgIpc) is 4.11. The van der Waals surface area contributed by atoms with Crippen molar-refractivity contribution in [3.8, 4) is 0 Å². The molecule has 9 heterocycles. The summed E-state index contributed by atoms with van der Waals surface area (Å²) in [4.78, 5) is 19.4. The number of aromatic amines is 2. The standard InChI is InChI=1S/C52H58N8/c1-5-25-49(29-9-13-33-53-49)45-37-17-19-39(57-37)46(50(26-6-2)30-10-14-34-54-50)41-21-23-43(59-41)48(52(28-8-4)32-12-16-36-56-52)44-24-22-42(60-44)47(40-20-18-38(45)58-40)51(27-7-3)31-11-15-35-55-51/h9-24,29-36,53-57,60H,5-8,25-28H2,1-4H3. The normalized spacial score (nSPS) is 25.7. The second kappa shape index (κ2) is 16.1. The first-order chi connectivity index (χ1) is 29.4. The van der Waals surface area contributed by atoms with E-state index in [1.807, 2.05) is 0 Å². The zero-order valence-corrected chi connectivity index (χ0v) is 35.4. The van der Waals surface area contributed by atoms with Gasteiger partial charge in [0, 0.05) is 44.3 Å². The van der Waals surface area contributed by atoms with E-state index in [2.05, 4.69) is 205 Å². The zero-order chi connectivity index (χ0) is 41.2. The van der Waals surface area contributed by atoms with E-state index >= 15 is 0 Å². The molecule has 0 saturated carbocycles. The maximum atomic E-state index is 5.69. The highest BCUT2D eigenvalue weighted by molar-refractivity contribution is 5.86. The summed E-state index contributed by atoms with van der Waals surface area (Å²) in [5.74, 6) is 0. The fraction of sp³-hybridized carbons (Fsp3) is 0.308. The van der Waals surface area contributed by atoms with E-state index in [4.69, 9.17) is 9.97 Å². The molecule has 8 nitrogen and oxygen atoms in total. The summed E-state index contributed by atoms with van der Waals surface area (Å²) in [6.45, 7) is 9.02. The molecule has 6 aliphatic rings. The zero-order valence-electron chi connectivity index (χ0n) is 35.4. The number of hydrogen-bond acceptors (Lipinski definition) is 6. The van der Waals surface area contributed by atoms with Gasteiger partial charge in [0.1, 0.15) is 0 Å². The lowest BCUT2D eigenvalue weighted by atomic mass is 9.82. The molecule has 8 heteroatoms. The minimum Gasteiger partial charge on any atom is -0.378 e. The lowest BCUT2D eigenvalue weighted by Gasteiger charge is -2.35. The Hall–Kier alpha value is -6.28. The molecule has 6 N–H and O–H groups in total. The van der Waals surface area contributed by atoms with Gasteiger partial charge < -0.3 is 31.2 Å². The van der Waals surface area contributed by atoms with Crippen molar-refractivity contribution in [3.05, 3.63) is 167 Å². The highest BCUT2D eigenvalue weighted by atomic mass is 15.0. The van der Waals surface area contributed by atoms with Gasteiger partial charge in [-0.05, 0) is 123 Å². The third-order valence-corrected chi connectivity index (χ3v) is 12.8. The molecule has 0 spiro atoms. The minimum atomic E-state index is -0.493. The molecular weight excluding hydrogens is 737 g/mol.